The van der Waals surface area contributed by atoms with Crippen LogP contribution in [0.5, 0.6) is 0 Å². The van der Waals surface area contributed by atoms with E-state index < -0.39 is 29.1 Å². The molecule has 1 fully saturated rings. The van der Waals surface area contributed by atoms with Crippen LogP contribution in [0.1, 0.15) is 15.9 Å². The maximum Gasteiger partial charge on any atom is 0.236 e. The quantitative estimate of drug-likeness (QED) is 0.384. The van der Waals surface area contributed by atoms with Crippen molar-refractivity contribution in [3.05, 3.63) is 136 Å². The van der Waals surface area contributed by atoms with Crippen molar-refractivity contribution in [3.8, 4) is 0 Å². The molecule has 3 aliphatic carbocycles. The van der Waals surface area contributed by atoms with E-state index >= 15 is 0 Å². The van der Waals surface area contributed by atoms with Gasteiger partial charge in [0, 0.05) is 22.6 Å². The Morgan fingerprint density at radius 2 is 1.49 bits per heavy atom. The lowest BCUT2D eigenvalue weighted by Crippen LogP contribution is -2.40. The fraction of sp³-hybridized carbons (Fsp3) is 0.0667. The molecule has 0 aromatic heterocycles. The van der Waals surface area contributed by atoms with E-state index in [-0.39, 0.29) is 28.6 Å². The molecule has 1 heterocycles. The topological polar surface area (TPSA) is 77.5 Å². The first-order valence-electron chi connectivity index (χ1n) is 11.3. The molecule has 5 nitrogen and oxygen atoms in total. The Bertz CT molecular complexity index is 1510. The van der Waals surface area contributed by atoms with Gasteiger partial charge in [0.1, 0.15) is 16.9 Å². The first kappa shape index (κ1) is 20.9. The van der Waals surface area contributed by atoms with Gasteiger partial charge in [0.15, 0.2) is 17.3 Å². The van der Waals surface area contributed by atoms with Crippen LogP contribution in [-0.2, 0) is 19.1 Å². The SMILES string of the molecule is O=C1C(C(=O)c2ccccc2)=C(c2ccccc2)O/C1=C1/C(=O)C2=CC=CC3=CC=CC(C1=O)C32. The molecule has 168 valence electrons. The smallest absolute Gasteiger partial charge is 0.236 e. The van der Waals surface area contributed by atoms with Crippen LogP contribution in [0.15, 0.2) is 125 Å². The standard InChI is InChI=1S/C30H18O5/c31-25(18-9-3-1-4-10-18)23-28(34)30(35-29(23)19-11-5-2-6-12-19)24-26(32)20-15-7-13-17-14-8-16-21(22(17)20)27(24)33/h1-16,20,22H/b30-24+. The molecule has 1 aliphatic heterocycles. The fourth-order valence-electron chi connectivity index (χ4n) is 5.01. The molecule has 6 rings (SSSR count). The third-order valence-corrected chi connectivity index (χ3v) is 6.65. The summed E-state index contributed by atoms with van der Waals surface area (Å²) in [7, 11) is 0. The molecule has 0 amide bonds. The molecule has 2 aromatic rings. The van der Waals surface area contributed by atoms with Crippen molar-refractivity contribution in [1.82, 2.24) is 0 Å². The normalized spacial score (nSPS) is 24.7. The summed E-state index contributed by atoms with van der Waals surface area (Å²) < 4.78 is 5.98. The highest BCUT2D eigenvalue weighted by atomic mass is 16.5. The van der Waals surface area contributed by atoms with Gasteiger partial charge in [-0.1, -0.05) is 97.1 Å². The zero-order valence-corrected chi connectivity index (χ0v) is 18.4. The summed E-state index contributed by atoms with van der Waals surface area (Å²) in [5.41, 5.74) is 1.65. The van der Waals surface area contributed by atoms with E-state index in [9.17, 15) is 19.2 Å². The Kier molecular flexibility index (Phi) is 4.78. The molecule has 35 heavy (non-hydrogen) atoms. The molecule has 0 spiro atoms. The van der Waals surface area contributed by atoms with Crippen LogP contribution in [0.2, 0.25) is 0 Å². The van der Waals surface area contributed by atoms with Gasteiger partial charge in [-0.15, -0.1) is 0 Å². The zero-order chi connectivity index (χ0) is 24.1. The van der Waals surface area contributed by atoms with Crippen LogP contribution in [0.4, 0.5) is 0 Å². The molecule has 0 bridgehead atoms. The van der Waals surface area contributed by atoms with Crippen molar-refractivity contribution in [2.24, 2.45) is 11.8 Å². The second-order valence-corrected chi connectivity index (χ2v) is 8.63. The Morgan fingerprint density at radius 1 is 0.771 bits per heavy atom. The maximum atomic E-state index is 13.7. The number of carbonyl (C=O) groups excluding carboxylic acids is 4. The van der Waals surface area contributed by atoms with Crippen LogP contribution in [-0.4, -0.2) is 23.1 Å². The highest BCUT2D eigenvalue weighted by Gasteiger charge is 2.49. The Labute approximate surface area is 201 Å². The van der Waals surface area contributed by atoms with Gasteiger partial charge >= 0.3 is 0 Å². The van der Waals surface area contributed by atoms with Gasteiger partial charge in [0.05, 0.1) is 5.92 Å². The molecule has 0 N–H and O–H groups in total. The Hall–Kier alpha value is -4.64. The molecular formula is C30H18O5. The van der Waals surface area contributed by atoms with E-state index in [0.29, 0.717) is 16.7 Å². The summed E-state index contributed by atoms with van der Waals surface area (Å²) >= 11 is 0. The van der Waals surface area contributed by atoms with Gasteiger partial charge < -0.3 is 4.74 Å². The molecule has 2 unspecified atom stereocenters. The van der Waals surface area contributed by atoms with Crippen molar-refractivity contribution >= 4 is 28.9 Å². The Morgan fingerprint density at radius 3 is 2.23 bits per heavy atom. The van der Waals surface area contributed by atoms with Crippen molar-refractivity contribution < 1.29 is 23.9 Å². The molecule has 2 aromatic carbocycles. The highest BCUT2D eigenvalue weighted by molar-refractivity contribution is 6.40. The Balaban J connectivity index is 1.52. The summed E-state index contributed by atoms with van der Waals surface area (Å²) in [4.78, 5) is 54.3. The average Bonchev–Trinajstić information content (AvgIpc) is 3.24. The second kappa shape index (κ2) is 7.99. The minimum absolute atomic E-state index is 0.0481. The van der Waals surface area contributed by atoms with E-state index in [1.54, 1.807) is 85.0 Å². The number of Topliss-reactive ketones (excluding diaryl/α,β-unsaturated/α-hetero) is 4. The van der Waals surface area contributed by atoms with E-state index in [1.165, 1.54) is 0 Å². The first-order chi connectivity index (χ1) is 17.1. The number of hydrogen-bond donors (Lipinski definition) is 0. The van der Waals surface area contributed by atoms with Gasteiger partial charge in [-0.25, -0.2) is 0 Å². The lowest BCUT2D eigenvalue weighted by molar-refractivity contribution is -0.125. The molecule has 5 heteroatoms. The number of hydrogen-bond acceptors (Lipinski definition) is 5. The summed E-state index contributed by atoms with van der Waals surface area (Å²) in [5, 5.41) is 0. The number of ketones is 4. The van der Waals surface area contributed by atoms with Gasteiger partial charge in [-0.2, -0.15) is 0 Å². The highest BCUT2D eigenvalue weighted by Crippen LogP contribution is 2.45. The molecule has 4 aliphatic rings. The predicted molar refractivity (Wildman–Crippen MR) is 129 cm³/mol. The van der Waals surface area contributed by atoms with Gasteiger partial charge in [-0.05, 0) is 5.57 Å². The number of allylic oxidation sites excluding steroid dienone is 10. The van der Waals surface area contributed by atoms with Gasteiger partial charge in [0.25, 0.3) is 0 Å². The van der Waals surface area contributed by atoms with E-state index in [2.05, 4.69) is 0 Å². The lowest BCUT2D eigenvalue weighted by Gasteiger charge is -2.35. The van der Waals surface area contributed by atoms with Crippen LogP contribution in [0.25, 0.3) is 5.76 Å². The van der Waals surface area contributed by atoms with Crippen LogP contribution in [0.3, 0.4) is 0 Å². The third-order valence-electron chi connectivity index (χ3n) is 6.65. The zero-order valence-electron chi connectivity index (χ0n) is 18.4. The summed E-state index contributed by atoms with van der Waals surface area (Å²) in [5.74, 6) is -3.61. The van der Waals surface area contributed by atoms with Crippen LogP contribution >= 0.6 is 0 Å². The van der Waals surface area contributed by atoms with Gasteiger partial charge in [-0.3, -0.25) is 19.2 Å². The first-order valence-corrected chi connectivity index (χ1v) is 11.3. The average molecular weight is 458 g/mol. The van der Waals surface area contributed by atoms with Crippen molar-refractivity contribution in [1.29, 1.82) is 0 Å². The second-order valence-electron chi connectivity index (χ2n) is 8.63. The number of ether oxygens (including phenoxy) is 1. The number of carbonyl (C=O) groups is 4. The fourth-order valence-corrected chi connectivity index (χ4v) is 5.01. The molecule has 1 saturated carbocycles. The largest absolute Gasteiger partial charge is 0.451 e. The monoisotopic (exact) mass is 458 g/mol. The molecule has 2 atom stereocenters. The van der Waals surface area contributed by atoms with E-state index in [0.717, 1.165) is 5.57 Å². The summed E-state index contributed by atoms with van der Waals surface area (Å²) in [6, 6.07) is 17.1. The van der Waals surface area contributed by atoms with Gasteiger partial charge in [0.2, 0.25) is 11.6 Å². The molecule has 0 radical (unpaired) electrons. The van der Waals surface area contributed by atoms with E-state index in [4.69, 9.17) is 4.74 Å². The third kappa shape index (κ3) is 3.16. The number of rotatable bonds is 3. The van der Waals surface area contributed by atoms with Crippen LogP contribution < -0.4 is 0 Å². The summed E-state index contributed by atoms with van der Waals surface area (Å²) in [6.45, 7) is 0. The van der Waals surface area contributed by atoms with Crippen molar-refractivity contribution in [3.63, 3.8) is 0 Å². The van der Waals surface area contributed by atoms with E-state index in [1.807, 2.05) is 12.2 Å². The van der Waals surface area contributed by atoms with Crippen molar-refractivity contribution in [2.45, 2.75) is 0 Å². The number of benzene rings is 2. The maximum absolute atomic E-state index is 13.7. The lowest BCUT2D eigenvalue weighted by atomic mass is 9.65. The van der Waals surface area contributed by atoms with Crippen LogP contribution in [0, 0.1) is 11.8 Å². The van der Waals surface area contributed by atoms with Crippen molar-refractivity contribution in [2.75, 3.05) is 0 Å². The molecular weight excluding hydrogens is 440 g/mol. The minimum atomic E-state index is -0.754. The summed E-state index contributed by atoms with van der Waals surface area (Å²) in [6.07, 6.45) is 10.7. The molecule has 0 saturated heterocycles. The predicted octanol–water partition coefficient (Wildman–Crippen LogP) is 4.51. The minimum Gasteiger partial charge on any atom is -0.451 e.